The molecule has 0 aromatic heterocycles. The maximum absolute atomic E-state index is 13.5. The zero-order valence-electron chi connectivity index (χ0n) is 9.92. The second-order valence-electron chi connectivity index (χ2n) is 3.63. The lowest BCUT2D eigenvalue weighted by atomic mass is 10.2. The molecule has 0 unspecified atom stereocenters. The molecule has 1 nitrogen and oxygen atoms in total. The molecule has 0 bridgehead atoms. The molecule has 0 fully saturated rings. The number of benzene rings is 1. The van der Waals surface area contributed by atoms with E-state index in [0.29, 0.717) is 6.92 Å². The Kier molecular flexibility index (Phi) is 4.46. The Morgan fingerprint density at radius 3 is 1.90 bits per heavy atom. The Bertz CT molecular complexity index is 550. The van der Waals surface area contributed by atoms with Gasteiger partial charge in [-0.25, -0.2) is 22.0 Å². The number of rotatable bonds is 4. The first-order valence-corrected chi connectivity index (χ1v) is 4.99. The Hall–Kier alpha value is -1.99. The van der Waals surface area contributed by atoms with Crippen molar-refractivity contribution in [3.8, 4) is 5.75 Å². The molecule has 0 aliphatic carbocycles. The molecule has 0 saturated carbocycles. The van der Waals surface area contributed by atoms with Crippen LogP contribution in [0.2, 0.25) is 0 Å². The molecule has 20 heavy (non-hydrogen) atoms. The first kappa shape index (κ1) is 16.1. The Morgan fingerprint density at radius 2 is 1.55 bits per heavy atom. The van der Waals surface area contributed by atoms with Crippen molar-refractivity contribution in [3.63, 3.8) is 0 Å². The standard InChI is InChI=1S/C12H7F7O/c1-5(13)10(6(2)14)12(18,19)20-7-3-8(15)11(17)9(16)4-7/h3-4H,1H2,2H3/b10-6-. The molecule has 0 amide bonds. The smallest absolute Gasteiger partial charge is 0.429 e. The number of hydrogen-bond acceptors (Lipinski definition) is 1. The molecule has 0 aliphatic rings. The summed E-state index contributed by atoms with van der Waals surface area (Å²) in [5.74, 6) is -10.1. The van der Waals surface area contributed by atoms with E-state index in [9.17, 15) is 30.7 Å². The van der Waals surface area contributed by atoms with E-state index in [-0.39, 0.29) is 12.1 Å². The molecule has 1 aromatic rings. The van der Waals surface area contributed by atoms with Crippen molar-refractivity contribution < 1.29 is 35.5 Å². The number of hydrogen-bond donors (Lipinski definition) is 0. The largest absolute Gasteiger partial charge is 0.432 e. The normalized spacial score (nSPS) is 13.0. The minimum absolute atomic E-state index is 0.110. The molecule has 8 heteroatoms. The van der Waals surface area contributed by atoms with Gasteiger partial charge in [0.2, 0.25) is 0 Å². The van der Waals surface area contributed by atoms with Gasteiger partial charge in [-0.2, -0.15) is 8.78 Å². The minimum atomic E-state index is -4.58. The van der Waals surface area contributed by atoms with Gasteiger partial charge in [0.05, 0.1) is 0 Å². The number of allylic oxidation sites excluding steroid dienone is 1. The molecule has 0 atom stereocenters. The summed E-state index contributed by atoms with van der Waals surface area (Å²) in [5, 5.41) is 0. The van der Waals surface area contributed by atoms with Crippen molar-refractivity contribution in [1.82, 2.24) is 0 Å². The van der Waals surface area contributed by atoms with Crippen molar-refractivity contribution in [2.24, 2.45) is 0 Å². The van der Waals surface area contributed by atoms with E-state index in [4.69, 9.17) is 0 Å². The van der Waals surface area contributed by atoms with Gasteiger partial charge in [-0.15, -0.1) is 0 Å². The van der Waals surface area contributed by atoms with E-state index >= 15 is 0 Å². The van der Waals surface area contributed by atoms with Crippen molar-refractivity contribution in [3.05, 3.63) is 53.4 Å². The van der Waals surface area contributed by atoms with Crippen LogP contribution in [-0.2, 0) is 0 Å². The first-order chi connectivity index (χ1) is 9.06. The zero-order valence-corrected chi connectivity index (χ0v) is 9.92. The number of halogens is 7. The molecule has 0 radical (unpaired) electrons. The van der Waals surface area contributed by atoms with E-state index in [0.717, 1.165) is 0 Å². The van der Waals surface area contributed by atoms with Crippen LogP contribution in [0.3, 0.4) is 0 Å². The molecule has 1 aromatic carbocycles. The fourth-order valence-corrected chi connectivity index (χ4v) is 1.34. The average molecular weight is 300 g/mol. The van der Waals surface area contributed by atoms with Gasteiger partial charge in [-0.1, -0.05) is 6.58 Å². The summed E-state index contributed by atoms with van der Waals surface area (Å²) in [5.41, 5.74) is -1.82. The predicted molar refractivity (Wildman–Crippen MR) is 55.9 cm³/mol. The van der Waals surface area contributed by atoms with Crippen LogP contribution in [0.1, 0.15) is 6.92 Å². The first-order valence-electron chi connectivity index (χ1n) is 4.99. The van der Waals surface area contributed by atoms with Gasteiger partial charge in [0, 0.05) is 12.1 Å². The highest BCUT2D eigenvalue weighted by atomic mass is 19.3. The van der Waals surface area contributed by atoms with E-state index in [1.54, 1.807) is 0 Å². The SMILES string of the molecule is C=C(F)/C(=C(\C)F)C(F)(F)Oc1cc(F)c(F)c(F)c1. The van der Waals surface area contributed by atoms with Crippen LogP contribution in [-0.4, -0.2) is 6.11 Å². The summed E-state index contributed by atoms with van der Waals surface area (Å²) >= 11 is 0. The van der Waals surface area contributed by atoms with Crippen LogP contribution in [0.4, 0.5) is 30.7 Å². The average Bonchev–Trinajstić information content (AvgIpc) is 2.22. The summed E-state index contributed by atoms with van der Waals surface area (Å²) in [6, 6.07) is 0.219. The quantitative estimate of drug-likeness (QED) is 0.441. The predicted octanol–water partition coefficient (Wildman–Crippen LogP) is 4.80. The van der Waals surface area contributed by atoms with E-state index in [1.807, 2.05) is 0 Å². The summed E-state index contributed by atoms with van der Waals surface area (Å²) in [4.78, 5) is 0. The van der Waals surface area contributed by atoms with Crippen LogP contribution >= 0.6 is 0 Å². The second kappa shape index (κ2) is 5.56. The van der Waals surface area contributed by atoms with Crippen LogP contribution < -0.4 is 4.74 Å². The zero-order chi connectivity index (χ0) is 15.7. The maximum Gasteiger partial charge on any atom is 0.432 e. The van der Waals surface area contributed by atoms with Gasteiger partial charge in [0.1, 0.15) is 23.0 Å². The molecular formula is C12H7F7O. The molecule has 0 spiro atoms. The van der Waals surface area contributed by atoms with Gasteiger partial charge in [0.25, 0.3) is 0 Å². The molecule has 0 saturated heterocycles. The molecule has 110 valence electrons. The molecule has 0 aliphatic heterocycles. The fraction of sp³-hybridized carbons (Fsp3) is 0.167. The second-order valence-corrected chi connectivity index (χ2v) is 3.63. The molecular weight excluding hydrogens is 293 g/mol. The summed E-state index contributed by atoms with van der Waals surface area (Å²) < 4.78 is 94.7. The van der Waals surface area contributed by atoms with Crippen LogP contribution in [0.5, 0.6) is 5.75 Å². The minimum Gasteiger partial charge on any atom is -0.429 e. The Balaban J connectivity index is 3.20. The number of ether oxygens (including phenoxy) is 1. The van der Waals surface area contributed by atoms with Gasteiger partial charge in [0.15, 0.2) is 17.5 Å². The monoisotopic (exact) mass is 300 g/mol. The maximum atomic E-state index is 13.5. The Labute approximate surface area is 109 Å². The number of alkyl halides is 2. The lowest BCUT2D eigenvalue weighted by molar-refractivity contribution is -0.143. The summed E-state index contributed by atoms with van der Waals surface area (Å²) in [7, 11) is 0. The van der Waals surface area contributed by atoms with Crippen LogP contribution in [0, 0.1) is 17.5 Å². The molecule has 0 N–H and O–H groups in total. The lowest BCUT2D eigenvalue weighted by Crippen LogP contribution is -2.28. The topological polar surface area (TPSA) is 9.23 Å². The van der Waals surface area contributed by atoms with Crippen molar-refractivity contribution in [1.29, 1.82) is 0 Å². The third-order valence-electron chi connectivity index (χ3n) is 2.11. The third kappa shape index (κ3) is 3.31. The van der Waals surface area contributed by atoms with Crippen LogP contribution in [0.15, 0.2) is 35.9 Å². The third-order valence-corrected chi connectivity index (χ3v) is 2.11. The summed E-state index contributed by atoms with van der Waals surface area (Å²) in [6.07, 6.45) is -4.58. The highest BCUT2D eigenvalue weighted by Crippen LogP contribution is 2.35. The molecule has 1 rings (SSSR count). The van der Waals surface area contributed by atoms with Gasteiger partial charge >= 0.3 is 6.11 Å². The van der Waals surface area contributed by atoms with Gasteiger partial charge in [-0.3, -0.25) is 0 Å². The fourth-order valence-electron chi connectivity index (χ4n) is 1.34. The summed E-state index contributed by atoms with van der Waals surface area (Å²) in [6.45, 7) is 3.02. The highest BCUT2D eigenvalue weighted by molar-refractivity contribution is 5.33. The lowest BCUT2D eigenvalue weighted by Gasteiger charge is -2.20. The van der Waals surface area contributed by atoms with Gasteiger partial charge in [-0.05, 0) is 6.92 Å². The molecule has 0 heterocycles. The van der Waals surface area contributed by atoms with Crippen LogP contribution in [0.25, 0.3) is 0 Å². The Morgan fingerprint density at radius 1 is 1.10 bits per heavy atom. The highest BCUT2D eigenvalue weighted by Gasteiger charge is 2.42. The van der Waals surface area contributed by atoms with E-state index in [2.05, 4.69) is 11.3 Å². The van der Waals surface area contributed by atoms with Crippen molar-refractivity contribution >= 4 is 0 Å². The van der Waals surface area contributed by atoms with E-state index < -0.39 is 46.5 Å². The van der Waals surface area contributed by atoms with Gasteiger partial charge < -0.3 is 4.74 Å². The van der Waals surface area contributed by atoms with E-state index in [1.165, 1.54) is 0 Å². The van der Waals surface area contributed by atoms with Crippen molar-refractivity contribution in [2.75, 3.05) is 0 Å². The van der Waals surface area contributed by atoms with Crippen molar-refractivity contribution in [2.45, 2.75) is 13.0 Å².